The minimum Gasteiger partial charge on any atom is -0.466 e. The Hall–Kier alpha value is -0.870. The number of benzene rings is 1. The number of nitrogens with one attached hydrogen (secondary N) is 1. The molecule has 7 nitrogen and oxygen atoms in total. The molecule has 126 valence electrons. The number of aliphatic hydroxyl groups excluding tert-OH is 4. The second-order valence-electron chi connectivity index (χ2n) is 5.27. The van der Waals surface area contributed by atoms with E-state index in [0.717, 1.165) is 4.47 Å². The van der Waals surface area contributed by atoms with Crippen molar-refractivity contribution in [2.75, 3.05) is 6.61 Å². The van der Waals surface area contributed by atoms with Gasteiger partial charge in [-0.3, -0.25) is 0 Å². The highest BCUT2D eigenvalue weighted by atomic mass is 79.9. The minimum atomic E-state index is -1.53. The van der Waals surface area contributed by atoms with E-state index >= 15 is 0 Å². The van der Waals surface area contributed by atoms with Crippen LogP contribution in [0.25, 0.3) is 10.9 Å². The molecule has 5 atom stereocenters. The summed E-state index contributed by atoms with van der Waals surface area (Å²) >= 11 is 9.60. The number of H-pyrrole nitrogens is 1. The lowest BCUT2D eigenvalue weighted by Crippen LogP contribution is -2.60. The van der Waals surface area contributed by atoms with E-state index in [2.05, 4.69) is 20.9 Å². The van der Waals surface area contributed by atoms with E-state index in [4.69, 9.17) is 26.2 Å². The molecule has 0 amide bonds. The highest BCUT2D eigenvalue weighted by Gasteiger charge is 2.45. The molecule has 0 bridgehead atoms. The molecule has 3 rings (SSSR count). The summed E-state index contributed by atoms with van der Waals surface area (Å²) in [5.74, 6) is 0.140. The van der Waals surface area contributed by atoms with Crippen LogP contribution in [0.4, 0.5) is 0 Å². The molecule has 9 heteroatoms. The monoisotopic (exact) mass is 407 g/mol. The van der Waals surface area contributed by atoms with Gasteiger partial charge in [-0.2, -0.15) is 0 Å². The predicted octanol–water partition coefficient (Wildman–Crippen LogP) is 0.762. The van der Waals surface area contributed by atoms with Crippen LogP contribution in [0.15, 0.2) is 22.7 Å². The third-order valence-corrected chi connectivity index (χ3v) is 4.63. The largest absolute Gasteiger partial charge is 0.466 e. The molecule has 1 aliphatic rings. The molecule has 0 spiro atoms. The van der Waals surface area contributed by atoms with Gasteiger partial charge in [0.05, 0.1) is 6.61 Å². The smallest absolute Gasteiger partial charge is 0.211 e. The van der Waals surface area contributed by atoms with Crippen molar-refractivity contribution in [3.8, 4) is 5.88 Å². The van der Waals surface area contributed by atoms with Gasteiger partial charge in [0.2, 0.25) is 5.88 Å². The zero-order chi connectivity index (χ0) is 16.7. The number of aliphatic hydroxyl groups is 4. The van der Waals surface area contributed by atoms with Crippen LogP contribution in [0.3, 0.4) is 0 Å². The van der Waals surface area contributed by atoms with Gasteiger partial charge >= 0.3 is 0 Å². The SMILES string of the molecule is OC[C@H]1O[C@@H](O)[C@H](Oc2[nH]c3ccc(Br)cc3c2Cl)[C@@H](O)[C@@H]1O. The molecule has 0 saturated carbocycles. The molecule has 1 aromatic heterocycles. The van der Waals surface area contributed by atoms with E-state index in [1.807, 2.05) is 6.07 Å². The van der Waals surface area contributed by atoms with Crippen LogP contribution in [0.1, 0.15) is 0 Å². The van der Waals surface area contributed by atoms with E-state index in [1.165, 1.54) is 0 Å². The number of ether oxygens (including phenoxy) is 2. The van der Waals surface area contributed by atoms with Crippen LogP contribution in [0, 0.1) is 0 Å². The highest BCUT2D eigenvalue weighted by molar-refractivity contribution is 9.10. The maximum atomic E-state index is 10.1. The number of fused-ring (bicyclic) bond motifs is 1. The molecule has 1 saturated heterocycles. The van der Waals surface area contributed by atoms with Crippen molar-refractivity contribution in [1.29, 1.82) is 0 Å². The molecule has 1 aliphatic heterocycles. The summed E-state index contributed by atoms with van der Waals surface area (Å²) in [7, 11) is 0. The zero-order valence-electron chi connectivity index (χ0n) is 11.7. The van der Waals surface area contributed by atoms with Crippen molar-refractivity contribution in [3.63, 3.8) is 0 Å². The van der Waals surface area contributed by atoms with Gasteiger partial charge in [-0.25, -0.2) is 0 Å². The lowest BCUT2D eigenvalue weighted by atomic mass is 9.99. The van der Waals surface area contributed by atoms with Crippen molar-refractivity contribution >= 4 is 38.4 Å². The Morgan fingerprint density at radius 2 is 2.00 bits per heavy atom. The number of hydrogen-bond acceptors (Lipinski definition) is 6. The van der Waals surface area contributed by atoms with Gasteiger partial charge in [0.15, 0.2) is 12.4 Å². The lowest BCUT2D eigenvalue weighted by Gasteiger charge is -2.39. The highest BCUT2D eigenvalue weighted by Crippen LogP contribution is 2.36. The van der Waals surface area contributed by atoms with E-state index < -0.39 is 37.3 Å². The van der Waals surface area contributed by atoms with E-state index in [9.17, 15) is 15.3 Å². The summed E-state index contributed by atoms with van der Waals surface area (Å²) in [6.45, 7) is -0.539. The average molecular weight is 409 g/mol. The normalized spacial score (nSPS) is 31.5. The molecule has 2 heterocycles. The van der Waals surface area contributed by atoms with E-state index in [0.29, 0.717) is 10.9 Å². The van der Waals surface area contributed by atoms with Crippen LogP contribution < -0.4 is 4.74 Å². The Labute approximate surface area is 144 Å². The van der Waals surface area contributed by atoms with Crippen molar-refractivity contribution in [2.24, 2.45) is 0 Å². The third kappa shape index (κ3) is 3.08. The molecule has 0 aliphatic carbocycles. The van der Waals surface area contributed by atoms with Gasteiger partial charge in [0, 0.05) is 15.4 Å². The van der Waals surface area contributed by atoms with Gasteiger partial charge in [0.1, 0.15) is 23.3 Å². The molecule has 0 radical (unpaired) electrons. The molecule has 1 fully saturated rings. The second-order valence-corrected chi connectivity index (χ2v) is 6.56. The Kier molecular flexibility index (Phi) is 4.84. The molecule has 0 unspecified atom stereocenters. The second kappa shape index (κ2) is 6.56. The van der Waals surface area contributed by atoms with Gasteiger partial charge in [-0.05, 0) is 18.2 Å². The molecule has 1 aromatic carbocycles. The Morgan fingerprint density at radius 3 is 2.70 bits per heavy atom. The Bertz CT molecular complexity index is 710. The fourth-order valence-electron chi connectivity index (χ4n) is 2.52. The molecule has 23 heavy (non-hydrogen) atoms. The maximum absolute atomic E-state index is 10.1. The molecule has 2 aromatic rings. The quantitative estimate of drug-likeness (QED) is 0.512. The van der Waals surface area contributed by atoms with Crippen molar-refractivity contribution in [3.05, 3.63) is 27.7 Å². The first-order valence-electron chi connectivity index (χ1n) is 6.86. The van der Waals surface area contributed by atoms with E-state index in [-0.39, 0.29) is 10.9 Å². The number of aromatic amines is 1. The third-order valence-electron chi connectivity index (χ3n) is 3.76. The van der Waals surface area contributed by atoms with Crippen molar-refractivity contribution in [2.45, 2.75) is 30.7 Å². The van der Waals surface area contributed by atoms with E-state index in [1.54, 1.807) is 12.1 Å². The van der Waals surface area contributed by atoms with Crippen LogP contribution in [-0.4, -0.2) is 62.7 Å². The van der Waals surface area contributed by atoms with Crippen LogP contribution in [-0.2, 0) is 4.74 Å². The van der Waals surface area contributed by atoms with Crippen molar-refractivity contribution in [1.82, 2.24) is 4.98 Å². The number of hydrogen-bond donors (Lipinski definition) is 5. The number of halogens is 2. The Balaban J connectivity index is 1.88. The fraction of sp³-hybridized carbons (Fsp3) is 0.429. The molecule has 5 N–H and O–H groups in total. The number of aromatic nitrogens is 1. The summed E-state index contributed by atoms with van der Waals surface area (Å²) in [4.78, 5) is 2.94. The minimum absolute atomic E-state index is 0.140. The zero-order valence-corrected chi connectivity index (χ0v) is 14.0. The van der Waals surface area contributed by atoms with Crippen molar-refractivity contribution < 1.29 is 29.9 Å². The van der Waals surface area contributed by atoms with Crippen LogP contribution >= 0.6 is 27.5 Å². The van der Waals surface area contributed by atoms with Gasteiger partial charge < -0.3 is 34.9 Å². The summed E-state index contributed by atoms with van der Waals surface area (Å²) in [6, 6.07) is 5.41. The maximum Gasteiger partial charge on any atom is 0.211 e. The standard InChI is InChI=1S/C14H15BrClNO6/c15-5-1-2-7-6(3-5)9(16)13(17-7)23-12-11(20)10(19)8(4-18)22-14(12)21/h1-3,8,10-12,14,17-21H,4H2/t8-,10-,11+,12-,14-/m1/s1. The molecular weight excluding hydrogens is 394 g/mol. The first-order chi connectivity index (χ1) is 10.9. The van der Waals surface area contributed by atoms with Gasteiger partial charge in [-0.15, -0.1) is 0 Å². The summed E-state index contributed by atoms with van der Waals surface area (Å²) in [6.07, 6.45) is -6.73. The summed E-state index contributed by atoms with van der Waals surface area (Å²) < 4.78 is 11.4. The fourth-order valence-corrected chi connectivity index (χ4v) is 3.13. The average Bonchev–Trinajstić information content (AvgIpc) is 2.83. The van der Waals surface area contributed by atoms with Gasteiger partial charge in [0.25, 0.3) is 0 Å². The first-order valence-corrected chi connectivity index (χ1v) is 8.03. The number of rotatable bonds is 3. The topological polar surface area (TPSA) is 115 Å². The summed E-state index contributed by atoms with van der Waals surface area (Å²) in [5, 5.41) is 39.9. The lowest BCUT2D eigenvalue weighted by molar-refractivity contribution is -0.280. The predicted molar refractivity (Wildman–Crippen MR) is 85.4 cm³/mol. The summed E-state index contributed by atoms with van der Waals surface area (Å²) in [5.41, 5.74) is 0.711. The van der Waals surface area contributed by atoms with Crippen LogP contribution in [0.2, 0.25) is 5.02 Å². The van der Waals surface area contributed by atoms with Gasteiger partial charge in [-0.1, -0.05) is 27.5 Å². The molecular formula is C14H15BrClNO6. The Morgan fingerprint density at radius 1 is 1.26 bits per heavy atom. The first kappa shape index (κ1) is 17.0. The van der Waals surface area contributed by atoms with Crippen LogP contribution in [0.5, 0.6) is 5.88 Å².